The summed E-state index contributed by atoms with van der Waals surface area (Å²) >= 11 is 0. The van der Waals surface area contributed by atoms with Crippen molar-refractivity contribution in [3.8, 4) is 0 Å². The van der Waals surface area contributed by atoms with Gasteiger partial charge in [-0.25, -0.2) is 9.97 Å². The number of rotatable bonds is 2. The Kier molecular flexibility index (Phi) is 4.20. The fourth-order valence-corrected chi connectivity index (χ4v) is 3.84. The van der Waals surface area contributed by atoms with Crippen LogP contribution in [-0.4, -0.2) is 46.4 Å². The van der Waals surface area contributed by atoms with E-state index in [2.05, 4.69) is 14.9 Å². The van der Waals surface area contributed by atoms with Crippen LogP contribution in [0.2, 0.25) is 0 Å². The number of carbonyl (C=O) groups is 1. The molecule has 1 fully saturated rings. The van der Waals surface area contributed by atoms with Gasteiger partial charge in [-0.1, -0.05) is 18.2 Å². The van der Waals surface area contributed by atoms with Crippen LogP contribution in [0.5, 0.6) is 0 Å². The van der Waals surface area contributed by atoms with E-state index in [1.807, 2.05) is 41.4 Å². The Hall–Kier alpha value is -3.74. The molecule has 0 spiro atoms. The lowest BCUT2D eigenvalue weighted by Crippen LogP contribution is -2.50. The first-order valence-electron chi connectivity index (χ1n) is 9.63. The molecule has 144 valence electrons. The first kappa shape index (κ1) is 17.4. The number of hydrogen-bond acceptors (Lipinski definition) is 4. The summed E-state index contributed by atoms with van der Waals surface area (Å²) in [6.07, 6.45) is 3.56. The molecule has 0 atom stereocenters. The Morgan fingerprint density at radius 3 is 2.52 bits per heavy atom. The highest BCUT2D eigenvalue weighted by Gasteiger charge is 2.28. The van der Waals surface area contributed by atoms with Crippen LogP contribution in [0.4, 0.5) is 5.82 Å². The second kappa shape index (κ2) is 7.01. The Labute approximate surface area is 166 Å². The van der Waals surface area contributed by atoms with Crippen molar-refractivity contribution in [3.63, 3.8) is 0 Å². The van der Waals surface area contributed by atoms with Gasteiger partial charge in [0.15, 0.2) is 5.65 Å². The highest BCUT2D eigenvalue weighted by atomic mass is 16.2. The van der Waals surface area contributed by atoms with Gasteiger partial charge in [-0.05, 0) is 30.3 Å². The van der Waals surface area contributed by atoms with Crippen LogP contribution in [0.15, 0.2) is 71.8 Å². The average Bonchev–Trinajstić information content (AvgIpc) is 2.79. The molecule has 4 aromatic rings. The van der Waals surface area contributed by atoms with Crippen LogP contribution in [0.25, 0.3) is 16.6 Å². The molecule has 7 nitrogen and oxygen atoms in total. The lowest BCUT2D eigenvalue weighted by molar-refractivity contribution is -0.364. The molecule has 0 saturated carbocycles. The Morgan fingerprint density at radius 1 is 0.931 bits per heavy atom. The van der Waals surface area contributed by atoms with Crippen LogP contribution in [0.3, 0.4) is 0 Å². The number of aromatic amines is 1. The van der Waals surface area contributed by atoms with E-state index in [0.717, 1.165) is 18.9 Å². The number of aromatic nitrogens is 3. The number of carbonyl (C=O) groups excluding carboxylic acids is 1. The fraction of sp³-hybridized carbons (Fsp3) is 0.182. The molecule has 0 radical (unpaired) electrons. The summed E-state index contributed by atoms with van der Waals surface area (Å²) in [6, 6.07) is 16.7. The summed E-state index contributed by atoms with van der Waals surface area (Å²) in [4.78, 5) is 38.0. The van der Waals surface area contributed by atoms with E-state index < -0.39 is 0 Å². The van der Waals surface area contributed by atoms with Gasteiger partial charge in [-0.15, -0.1) is 0 Å². The molecule has 1 aromatic carbocycles. The molecule has 1 N–H and O–H groups in total. The molecule has 0 aliphatic carbocycles. The van der Waals surface area contributed by atoms with Gasteiger partial charge in [0.2, 0.25) is 0 Å². The number of para-hydroxylation sites is 1. The maximum Gasteiger partial charge on any atom is 0.274 e. The molecule has 5 rings (SSSR count). The molecule has 3 aromatic heterocycles. The Bertz CT molecular complexity index is 1260. The third-order valence-corrected chi connectivity index (χ3v) is 5.38. The number of piperazine rings is 1. The van der Waals surface area contributed by atoms with Crippen molar-refractivity contribution in [2.75, 3.05) is 31.1 Å². The standard InChI is InChI=1S/C22H19N5O2/c28-21(26-14-12-25(13-15-26)19-9-3-4-10-23-19)17-7-5-11-27-20(17)24-18-8-2-1-6-16(18)22(27)29/h1-11H,12-15H2/p+1. The zero-order valence-electron chi connectivity index (χ0n) is 15.8. The molecule has 7 heteroatoms. The minimum absolute atomic E-state index is 0.0954. The predicted octanol–water partition coefficient (Wildman–Crippen LogP) is 1.62. The minimum Gasteiger partial charge on any atom is -0.331 e. The second-order valence-electron chi connectivity index (χ2n) is 7.08. The lowest BCUT2D eigenvalue weighted by atomic mass is 10.2. The van der Waals surface area contributed by atoms with Gasteiger partial charge in [0, 0.05) is 12.3 Å². The molecule has 29 heavy (non-hydrogen) atoms. The SMILES string of the molecule is O=C(c1cccn2c(=O)c3ccccc3nc12)N1CCN(c2cccc[nH+]2)CC1. The number of nitrogens with zero attached hydrogens (tertiary/aromatic N) is 4. The van der Waals surface area contributed by atoms with Crippen LogP contribution in [0.1, 0.15) is 10.4 Å². The molecule has 1 aliphatic heterocycles. The molecule has 1 saturated heterocycles. The molecule has 1 amide bonds. The van der Waals surface area contributed by atoms with Crippen molar-refractivity contribution in [1.29, 1.82) is 0 Å². The quantitative estimate of drug-likeness (QED) is 0.491. The number of nitrogens with one attached hydrogen (secondary N) is 1. The van der Waals surface area contributed by atoms with Crippen LogP contribution < -0.4 is 15.4 Å². The molecule has 1 aliphatic rings. The maximum absolute atomic E-state index is 13.2. The van der Waals surface area contributed by atoms with Crippen LogP contribution in [-0.2, 0) is 0 Å². The van der Waals surface area contributed by atoms with Crippen LogP contribution in [0, 0.1) is 0 Å². The van der Waals surface area contributed by atoms with E-state index in [4.69, 9.17) is 0 Å². The molecular formula is C22H20N5O2+. The minimum atomic E-state index is -0.162. The van der Waals surface area contributed by atoms with E-state index in [9.17, 15) is 9.59 Å². The number of amides is 1. The van der Waals surface area contributed by atoms with Gasteiger partial charge in [0.1, 0.15) is 13.1 Å². The van der Waals surface area contributed by atoms with Crippen molar-refractivity contribution < 1.29 is 9.78 Å². The number of H-pyrrole nitrogens is 1. The topological polar surface area (TPSA) is 72.1 Å². The summed E-state index contributed by atoms with van der Waals surface area (Å²) in [5.41, 5.74) is 1.29. The van der Waals surface area contributed by atoms with E-state index in [1.54, 1.807) is 30.5 Å². The predicted molar refractivity (Wildman–Crippen MR) is 110 cm³/mol. The van der Waals surface area contributed by atoms with Gasteiger partial charge in [-0.3, -0.25) is 18.9 Å². The van der Waals surface area contributed by atoms with Crippen molar-refractivity contribution in [3.05, 3.63) is 82.9 Å². The maximum atomic E-state index is 13.2. The van der Waals surface area contributed by atoms with E-state index >= 15 is 0 Å². The van der Waals surface area contributed by atoms with Gasteiger partial charge in [0.25, 0.3) is 17.3 Å². The summed E-state index contributed by atoms with van der Waals surface area (Å²) in [7, 11) is 0. The van der Waals surface area contributed by atoms with Crippen molar-refractivity contribution >= 4 is 28.3 Å². The summed E-state index contributed by atoms with van der Waals surface area (Å²) in [5, 5.41) is 0.544. The first-order chi connectivity index (χ1) is 14.2. The smallest absolute Gasteiger partial charge is 0.274 e. The number of fused-ring (bicyclic) bond motifs is 2. The number of benzene rings is 1. The van der Waals surface area contributed by atoms with Gasteiger partial charge in [-0.2, -0.15) is 0 Å². The summed E-state index contributed by atoms with van der Waals surface area (Å²) < 4.78 is 1.46. The fourth-order valence-electron chi connectivity index (χ4n) is 3.84. The lowest BCUT2D eigenvalue weighted by Gasteiger charge is -2.31. The zero-order valence-corrected chi connectivity index (χ0v) is 15.8. The van der Waals surface area contributed by atoms with Gasteiger partial charge in [0.05, 0.1) is 35.8 Å². The first-order valence-corrected chi connectivity index (χ1v) is 9.63. The molecule has 4 heterocycles. The Balaban J connectivity index is 1.47. The molecule has 0 bridgehead atoms. The largest absolute Gasteiger partial charge is 0.331 e. The van der Waals surface area contributed by atoms with Crippen molar-refractivity contribution in [2.45, 2.75) is 0 Å². The average molecular weight is 386 g/mol. The van der Waals surface area contributed by atoms with Gasteiger partial charge < -0.3 is 4.90 Å². The van der Waals surface area contributed by atoms with Crippen molar-refractivity contribution in [1.82, 2.24) is 14.3 Å². The normalized spacial score (nSPS) is 14.5. The van der Waals surface area contributed by atoms with Crippen LogP contribution >= 0.6 is 0 Å². The number of anilines is 1. The zero-order chi connectivity index (χ0) is 19.8. The van der Waals surface area contributed by atoms with E-state index in [-0.39, 0.29) is 11.5 Å². The summed E-state index contributed by atoms with van der Waals surface area (Å²) in [5.74, 6) is 0.950. The second-order valence-corrected chi connectivity index (χ2v) is 7.08. The summed E-state index contributed by atoms with van der Waals surface area (Å²) in [6.45, 7) is 2.71. The number of pyridine rings is 2. The van der Waals surface area contributed by atoms with Crippen molar-refractivity contribution in [2.24, 2.45) is 0 Å². The Morgan fingerprint density at radius 2 is 1.72 bits per heavy atom. The highest BCUT2D eigenvalue weighted by Crippen LogP contribution is 2.17. The highest BCUT2D eigenvalue weighted by molar-refractivity contribution is 6.00. The van der Waals surface area contributed by atoms with Gasteiger partial charge >= 0.3 is 0 Å². The third-order valence-electron chi connectivity index (χ3n) is 5.38. The number of hydrogen-bond donors (Lipinski definition) is 0. The van der Waals surface area contributed by atoms with E-state index in [1.165, 1.54) is 4.40 Å². The monoisotopic (exact) mass is 386 g/mol. The third kappa shape index (κ3) is 3.00. The van der Waals surface area contributed by atoms with E-state index in [0.29, 0.717) is 35.2 Å². The molecule has 0 unspecified atom stereocenters. The molecular weight excluding hydrogens is 366 g/mol.